The topological polar surface area (TPSA) is 85.8 Å². The van der Waals surface area contributed by atoms with Crippen molar-refractivity contribution in [2.75, 3.05) is 17.7 Å². The number of nitrogens with zero attached hydrogens (tertiary/aromatic N) is 6. The largest absolute Gasteiger partial charge is 0.368 e. The summed E-state index contributed by atoms with van der Waals surface area (Å²) in [5.74, 6) is 0.597. The quantitative estimate of drug-likeness (QED) is 0.901. The van der Waals surface area contributed by atoms with Crippen molar-refractivity contribution in [3.63, 3.8) is 0 Å². The molecule has 0 radical (unpaired) electrons. The van der Waals surface area contributed by atoms with E-state index in [2.05, 4.69) is 20.1 Å². The van der Waals surface area contributed by atoms with Crippen LogP contribution in [0.1, 0.15) is 18.5 Å². The predicted molar refractivity (Wildman–Crippen MR) is 71.8 cm³/mol. The highest BCUT2D eigenvalue weighted by Crippen LogP contribution is 2.50. The Hall–Kier alpha value is -1.89. The molecule has 2 aromatic rings. The Morgan fingerprint density at radius 2 is 2.11 bits per heavy atom. The van der Waals surface area contributed by atoms with E-state index in [1.54, 1.807) is 4.68 Å². The summed E-state index contributed by atoms with van der Waals surface area (Å²) in [6, 6.07) is 2.01. The van der Waals surface area contributed by atoms with Gasteiger partial charge in [-0.3, -0.25) is 4.68 Å². The van der Waals surface area contributed by atoms with E-state index in [-0.39, 0.29) is 16.8 Å². The minimum absolute atomic E-state index is 0.103. The number of hydrogen-bond acceptors (Lipinski definition) is 6. The van der Waals surface area contributed by atoms with Gasteiger partial charge in [0.15, 0.2) is 0 Å². The molecule has 0 unspecified atom stereocenters. The van der Waals surface area contributed by atoms with Crippen LogP contribution in [0.4, 0.5) is 11.9 Å². The van der Waals surface area contributed by atoms with E-state index in [0.717, 1.165) is 18.5 Å². The van der Waals surface area contributed by atoms with Gasteiger partial charge in [-0.15, -0.1) is 0 Å². The maximum Gasteiger partial charge on any atom is 0.231 e. The minimum Gasteiger partial charge on any atom is -0.368 e. The van der Waals surface area contributed by atoms with Gasteiger partial charge < -0.3 is 10.6 Å². The van der Waals surface area contributed by atoms with Gasteiger partial charge in [0, 0.05) is 20.3 Å². The minimum atomic E-state index is -0.154. The molecule has 2 aromatic heterocycles. The summed E-state index contributed by atoms with van der Waals surface area (Å²) in [7, 11) is 3.82. The van der Waals surface area contributed by atoms with Crippen LogP contribution in [-0.4, -0.2) is 31.8 Å². The van der Waals surface area contributed by atoms with Gasteiger partial charge >= 0.3 is 0 Å². The van der Waals surface area contributed by atoms with E-state index in [4.69, 9.17) is 17.3 Å². The van der Waals surface area contributed by atoms with E-state index in [1.165, 1.54) is 0 Å². The first-order valence-corrected chi connectivity index (χ1v) is 6.30. The van der Waals surface area contributed by atoms with Crippen molar-refractivity contribution in [3.8, 4) is 0 Å². The van der Waals surface area contributed by atoms with Crippen LogP contribution in [-0.2, 0) is 12.6 Å². The van der Waals surface area contributed by atoms with Crippen LogP contribution in [0.3, 0.4) is 0 Å². The van der Waals surface area contributed by atoms with Gasteiger partial charge in [0.05, 0.1) is 11.2 Å². The molecule has 0 aromatic carbocycles. The first kappa shape index (κ1) is 12.2. The maximum absolute atomic E-state index is 5.83. The van der Waals surface area contributed by atoms with Gasteiger partial charge in [-0.25, -0.2) is 0 Å². The summed E-state index contributed by atoms with van der Waals surface area (Å²) >= 11 is 5.83. The number of aryl methyl sites for hydroxylation is 1. The van der Waals surface area contributed by atoms with Crippen molar-refractivity contribution in [2.45, 2.75) is 18.4 Å². The predicted octanol–water partition coefficient (Wildman–Crippen LogP) is 0.966. The first-order valence-electron chi connectivity index (χ1n) is 5.92. The SMILES string of the molecule is CN(c1nc(N)nc(Cl)n1)C1(c2ccn(C)n2)CC1. The van der Waals surface area contributed by atoms with Crippen molar-refractivity contribution in [1.82, 2.24) is 24.7 Å². The standard InChI is InChI=1S/C11H14ClN7/c1-18-6-3-7(17-18)11(4-5-11)19(2)10-15-8(12)14-9(13)16-10/h3,6H,4-5H2,1-2H3,(H2,13,14,15,16). The number of nitrogens with two attached hydrogens (primary N) is 1. The average Bonchev–Trinajstić information content (AvgIpc) is 3.04. The van der Waals surface area contributed by atoms with Gasteiger partial charge in [0.2, 0.25) is 17.2 Å². The number of nitrogen functional groups attached to an aromatic ring is 1. The maximum atomic E-state index is 5.83. The summed E-state index contributed by atoms with van der Waals surface area (Å²) in [6.45, 7) is 0. The average molecular weight is 280 g/mol. The molecule has 0 spiro atoms. The van der Waals surface area contributed by atoms with Gasteiger partial charge in [-0.1, -0.05) is 0 Å². The molecule has 8 heteroatoms. The highest BCUT2D eigenvalue weighted by atomic mass is 35.5. The van der Waals surface area contributed by atoms with Crippen molar-refractivity contribution < 1.29 is 0 Å². The second-order valence-electron chi connectivity index (χ2n) is 4.73. The zero-order chi connectivity index (χ0) is 13.6. The smallest absolute Gasteiger partial charge is 0.231 e. The van der Waals surface area contributed by atoms with E-state index in [1.807, 2.05) is 31.3 Å². The van der Waals surface area contributed by atoms with Crippen LogP contribution in [0.15, 0.2) is 12.3 Å². The lowest BCUT2D eigenvalue weighted by Crippen LogP contribution is -2.33. The first-order chi connectivity index (χ1) is 9.01. The van der Waals surface area contributed by atoms with Crippen LogP contribution >= 0.6 is 11.6 Å². The summed E-state index contributed by atoms with van der Waals surface area (Å²) in [5.41, 5.74) is 6.46. The molecule has 0 aliphatic heterocycles. The number of anilines is 2. The van der Waals surface area contributed by atoms with E-state index in [9.17, 15) is 0 Å². The molecule has 0 amide bonds. The second-order valence-corrected chi connectivity index (χ2v) is 5.07. The molecular formula is C11H14ClN7. The van der Waals surface area contributed by atoms with E-state index < -0.39 is 0 Å². The zero-order valence-corrected chi connectivity index (χ0v) is 11.5. The molecule has 3 rings (SSSR count). The lowest BCUT2D eigenvalue weighted by atomic mass is 10.1. The fraction of sp³-hybridized carbons (Fsp3) is 0.455. The van der Waals surface area contributed by atoms with Crippen molar-refractivity contribution in [3.05, 3.63) is 23.2 Å². The molecule has 100 valence electrons. The van der Waals surface area contributed by atoms with Gasteiger partial charge in [0.25, 0.3) is 0 Å². The molecule has 1 aliphatic carbocycles. The highest BCUT2D eigenvalue weighted by molar-refractivity contribution is 6.28. The number of halogens is 1. The molecule has 19 heavy (non-hydrogen) atoms. The molecular weight excluding hydrogens is 266 g/mol. The summed E-state index contributed by atoms with van der Waals surface area (Å²) in [6.07, 6.45) is 3.94. The lowest BCUT2D eigenvalue weighted by Gasteiger charge is -2.26. The lowest BCUT2D eigenvalue weighted by molar-refractivity contribution is 0.608. The van der Waals surface area contributed by atoms with E-state index >= 15 is 0 Å². The third-order valence-corrected chi connectivity index (χ3v) is 3.64. The van der Waals surface area contributed by atoms with Gasteiger partial charge in [0.1, 0.15) is 0 Å². The second kappa shape index (κ2) is 4.06. The van der Waals surface area contributed by atoms with Gasteiger partial charge in [-0.05, 0) is 30.5 Å². The summed E-state index contributed by atoms with van der Waals surface area (Å²) < 4.78 is 1.79. The molecule has 0 atom stereocenters. The molecule has 1 fully saturated rings. The zero-order valence-electron chi connectivity index (χ0n) is 10.7. The Morgan fingerprint density at radius 3 is 2.63 bits per heavy atom. The fourth-order valence-electron chi connectivity index (χ4n) is 2.24. The number of aromatic nitrogens is 5. The summed E-state index contributed by atoms with van der Waals surface area (Å²) in [4.78, 5) is 14.0. The Kier molecular flexibility index (Phi) is 2.60. The summed E-state index contributed by atoms with van der Waals surface area (Å²) in [5, 5.41) is 4.58. The Balaban J connectivity index is 1.97. The molecule has 2 heterocycles. The van der Waals surface area contributed by atoms with Crippen LogP contribution in [0.25, 0.3) is 0 Å². The van der Waals surface area contributed by atoms with Crippen molar-refractivity contribution in [1.29, 1.82) is 0 Å². The third-order valence-electron chi connectivity index (χ3n) is 3.47. The third kappa shape index (κ3) is 1.99. The fourth-order valence-corrected chi connectivity index (χ4v) is 2.40. The van der Waals surface area contributed by atoms with Crippen LogP contribution < -0.4 is 10.6 Å². The molecule has 7 nitrogen and oxygen atoms in total. The number of hydrogen-bond donors (Lipinski definition) is 1. The Bertz CT molecular complexity index is 599. The number of rotatable bonds is 3. The Labute approximate surface area is 115 Å². The molecule has 0 bridgehead atoms. The highest BCUT2D eigenvalue weighted by Gasteiger charge is 2.51. The monoisotopic (exact) mass is 279 g/mol. The van der Waals surface area contributed by atoms with Gasteiger partial charge in [-0.2, -0.15) is 20.1 Å². The van der Waals surface area contributed by atoms with Crippen LogP contribution in [0.5, 0.6) is 0 Å². The van der Waals surface area contributed by atoms with Crippen molar-refractivity contribution in [2.24, 2.45) is 7.05 Å². The van der Waals surface area contributed by atoms with Crippen LogP contribution in [0.2, 0.25) is 5.28 Å². The van der Waals surface area contributed by atoms with Crippen LogP contribution in [0, 0.1) is 0 Å². The molecule has 1 saturated carbocycles. The molecule has 2 N–H and O–H groups in total. The molecule has 1 aliphatic rings. The van der Waals surface area contributed by atoms with E-state index in [0.29, 0.717) is 5.95 Å². The normalized spacial score (nSPS) is 16.4. The van der Waals surface area contributed by atoms with Crippen molar-refractivity contribution >= 4 is 23.5 Å². The Morgan fingerprint density at radius 1 is 1.37 bits per heavy atom. The molecule has 0 saturated heterocycles.